The topological polar surface area (TPSA) is 151 Å². The summed E-state index contributed by atoms with van der Waals surface area (Å²) in [4.78, 5) is 42.1. The molecule has 9 nitrogen and oxygen atoms in total. The number of thiophene rings is 1. The summed E-state index contributed by atoms with van der Waals surface area (Å²) in [6, 6.07) is 21.3. The second-order valence-electron chi connectivity index (χ2n) is 9.29. The fraction of sp³-hybridized carbons (Fsp3) is 0.321. The number of benzene rings is 2. The Morgan fingerprint density at radius 3 is 2.16 bits per heavy atom. The molecule has 10 heteroatoms. The van der Waals surface area contributed by atoms with Crippen LogP contribution in [0.2, 0.25) is 0 Å². The van der Waals surface area contributed by atoms with Gasteiger partial charge in [-0.15, -0.1) is 11.3 Å². The maximum atomic E-state index is 14.1. The molecule has 0 saturated carbocycles. The third-order valence-corrected chi connectivity index (χ3v) is 7.86. The summed E-state index contributed by atoms with van der Waals surface area (Å²) in [5.41, 5.74) is 13.2. The number of nitrogens with one attached hydrogen (secondary N) is 2. The molecule has 2 heterocycles. The molecule has 38 heavy (non-hydrogen) atoms. The van der Waals surface area contributed by atoms with Crippen molar-refractivity contribution in [3.05, 3.63) is 93.7 Å². The van der Waals surface area contributed by atoms with Crippen molar-refractivity contribution >= 4 is 29.1 Å². The minimum absolute atomic E-state index is 0.240. The fourth-order valence-corrected chi connectivity index (χ4v) is 5.74. The number of carboxylic acids is 1. The number of aliphatic carboxylic acids is 1. The Labute approximate surface area is 225 Å². The van der Waals surface area contributed by atoms with Gasteiger partial charge in [0.2, 0.25) is 11.8 Å². The van der Waals surface area contributed by atoms with Crippen molar-refractivity contribution < 1.29 is 19.5 Å². The van der Waals surface area contributed by atoms with Gasteiger partial charge in [-0.1, -0.05) is 60.7 Å². The molecule has 0 unspecified atom stereocenters. The average molecular weight is 536 g/mol. The van der Waals surface area contributed by atoms with Crippen LogP contribution in [0, 0.1) is 0 Å². The predicted octanol–water partition coefficient (Wildman–Crippen LogP) is 2.15. The first-order valence-electron chi connectivity index (χ1n) is 12.6. The first-order valence-corrected chi connectivity index (χ1v) is 13.4. The van der Waals surface area contributed by atoms with Gasteiger partial charge in [0.1, 0.15) is 6.04 Å². The molecule has 200 valence electrons. The number of hydrogen-bond acceptors (Lipinski definition) is 7. The molecule has 7 N–H and O–H groups in total. The highest BCUT2D eigenvalue weighted by Crippen LogP contribution is 2.31. The molecule has 2 atom stereocenters. The predicted molar refractivity (Wildman–Crippen MR) is 146 cm³/mol. The molecular weight excluding hydrogens is 502 g/mol. The molecule has 2 aromatic carbocycles. The molecule has 3 aromatic rings. The van der Waals surface area contributed by atoms with E-state index in [4.69, 9.17) is 11.5 Å². The molecule has 1 saturated heterocycles. The lowest BCUT2D eigenvalue weighted by atomic mass is 9.84. The summed E-state index contributed by atoms with van der Waals surface area (Å²) >= 11 is 1.44. The van der Waals surface area contributed by atoms with Crippen LogP contribution < -0.4 is 22.1 Å². The summed E-state index contributed by atoms with van der Waals surface area (Å²) in [7, 11) is 0. The lowest BCUT2D eigenvalue weighted by Crippen LogP contribution is -2.55. The van der Waals surface area contributed by atoms with Gasteiger partial charge < -0.3 is 26.8 Å². The maximum absolute atomic E-state index is 14.1. The molecule has 0 radical (unpaired) electrons. The molecule has 0 spiro atoms. The SMILES string of the molecule is NC(N)c1ccc(CNC(=O)[C@@H]2CCCN2C(=O)[C@H](NCC(=O)O)C(c2ccccc2)c2ccccc2)s1. The summed E-state index contributed by atoms with van der Waals surface area (Å²) < 4.78 is 0. The van der Waals surface area contributed by atoms with E-state index < -0.39 is 30.1 Å². The van der Waals surface area contributed by atoms with Crippen molar-refractivity contribution in [1.29, 1.82) is 0 Å². The Hall–Kier alpha value is -3.57. The number of likely N-dealkylation sites (tertiary alicyclic amines) is 1. The van der Waals surface area contributed by atoms with Crippen LogP contribution in [0.25, 0.3) is 0 Å². The van der Waals surface area contributed by atoms with E-state index in [1.54, 1.807) is 4.90 Å². The first kappa shape index (κ1) is 27.5. The van der Waals surface area contributed by atoms with Crippen molar-refractivity contribution in [2.45, 2.75) is 43.6 Å². The van der Waals surface area contributed by atoms with Gasteiger partial charge in [-0.05, 0) is 36.1 Å². The van der Waals surface area contributed by atoms with E-state index >= 15 is 0 Å². The highest BCUT2D eigenvalue weighted by atomic mass is 32.1. The summed E-state index contributed by atoms with van der Waals surface area (Å²) in [5, 5.41) is 15.3. The fourth-order valence-electron chi connectivity index (χ4n) is 4.89. The van der Waals surface area contributed by atoms with Crippen LogP contribution in [-0.2, 0) is 20.9 Å². The van der Waals surface area contributed by atoms with E-state index in [0.29, 0.717) is 25.9 Å². The second-order valence-corrected chi connectivity index (χ2v) is 10.5. The molecule has 1 aromatic heterocycles. The molecule has 0 aliphatic carbocycles. The summed E-state index contributed by atoms with van der Waals surface area (Å²) in [5.74, 6) is -2.05. The monoisotopic (exact) mass is 535 g/mol. The van der Waals surface area contributed by atoms with Gasteiger partial charge in [0, 0.05) is 22.2 Å². The Balaban J connectivity index is 1.57. The van der Waals surface area contributed by atoms with Gasteiger partial charge in [-0.25, -0.2) is 0 Å². The molecular formula is C28H33N5O4S. The van der Waals surface area contributed by atoms with Gasteiger partial charge in [0.25, 0.3) is 0 Å². The highest BCUT2D eigenvalue weighted by Gasteiger charge is 2.40. The zero-order valence-electron chi connectivity index (χ0n) is 21.0. The highest BCUT2D eigenvalue weighted by molar-refractivity contribution is 7.12. The Kier molecular flexibility index (Phi) is 9.24. The number of carbonyl (C=O) groups is 3. The number of amides is 2. The largest absolute Gasteiger partial charge is 0.480 e. The van der Waals surface area contributed by atoms with Crippen LogP contribution in [0.15, 0.2) is 72.8 Å². The summed E-state index contributed by atoms with van der Waals surface area (Å²) in [6.45, 7) is 0.344. The quantitative estimate of drug-likeness (QED) is 0.236. The third-order valence-electron chi connectivity index (χ3n) is 6.68. The van der Waals surface area contributed by atoms with E-state index in [1.165, 1.54) is 11.3 Å². The number of carbonyl (C=O) groups excluding carboxylic acids is 2. The van der Waals surface area contributed by atoms with Gasteiger partial charge in [-0.3, -0.25) is 19.7 Å². The third kappa shape index (κ3) is 6.65. The molecule has 1 aliphatic rings. The number of carboxylic acid groups (broad SMARTS) is 1. The smallest absolute Gasteiger partial charge is 0.317 e. The molecule has 1 aliphatic heterocycles. The maximum Gasteiger partial charge on any atom is 0.317 e. The van der Waals surface area contributed by atoms with Crippen LogP contribution in [0.1, 0.15) is 45.8 Å². The molecule has 4 rings (SSSR count). The number of hydrogen-bond donors (Lipinski definition) is 5. The number of nitrogens with zero attached hydrogens (tertiary/aromatic N) is 1. The van der Waals surface area contributed by atoms with Gasteiger partial charge in [-0.2, -0.15) is 0 Å². The van der Waals surface area contributed by atoms with Crippen molar-refractivity contribution in [3.8, 4) is 0 Å². The molecule has 2 amide bonds. The first-order chi connectivity index (χ1) is 18.3. The van der Waals surface area contributed by atoms with E-state index in [9.17, 15) is 19.5 Å². The normalized spacial score (nSPS) is 16.1. The summed E-state index contributed by atoms with van der Waals surface area (Å²) in [6.07, 6.45) is 0.653. The molecule has 0 bridgehead atoms. The van der Waals surface area contributed by atoms with Crippen molar-refractivity contribution in [3.63, 3.8) is 0 Å². The second kappa shape index (κ2) is 12.8. The molecule has 1 fully saturated rings. The van der Waals surface area contributed by atoms with Crippen LogP contribution in [0.3, 0.4) is 0 Å². The average Bonchev–Trinajstić information content (AvgIpc) is 3.61. The van der Waals surface area contributed by atoms with E-state index in [1.807, 2.05) is 72.8 Å². The van der Waals surface area contributed by atoms with Crippen LogP contribution in [-0.4, -0.2) is 53.0 Å². The van der Waals surface area contributed by atoms with Crippen molar-refractivity contribution in [2.24, 2.45) is 11.5 Å². The van der Waals surface area contributed by atoms with Crippen LogP contribution in [0.4, 0.5) is 0 Å². The van der Waals surface area contributed by atoms with Crippen molar-refractivity contribution in [2.75, 3.05) is 13.1 Å². The van der Waals surface area contributed by atoms with Crippen LogP contribution >= 0.6 is 11.3 Å². The van der Waals surface area contributed by atoms with Gasteiger partial charge in [0.05, 0.1) is 25.3 Å². The lowest BCUT2D eigenvalue weighted by molar-refractivity contribution is -0.141. The van der Waals surface area contributed by atoms with E-state index in [0.717, 1.165) is 20.9 Å². The van der Waals surface area contributed by atoms with Gasteiger partial charge >= 0.3 is 5.97 Å². The Morgan fingerprint density at radius 2 is 1.61 bits per heavy atom. The zero-order valence-corrected chi connectivity index (χ0v) is 21.8. The van der Waals surface area contributed by atoms with E-state index in [-0.39, 0.29) is 18.4 Å². The van der Waals surface area contributed by atoms with Crippen LogP contribution in [0.5, 0.6) is 0 Å². The minimum atomic E-state index is -1.06. The standard InChI is InChI=1S/C28H33N5O4S/c29-26(30)22-14-13-20(38-22)16-32-27(36)21-12-7-15-33(21)28(37)25(31-17-23(34)35)24(18-8-3-1-4-9-18)19-10-5-2-6-11-19/h1-6,8-11,13-14,21,24-26,31H,7,12,15-17,29-30H2,(H,32,36)(H,34,35)/t21-,25+/m0/s1. The lowest BCUT2D eigenvalue weighted by Gasteiger charge is -2.33. The zero-order chi connectivity index (χ0) is 27.1. The minimum Gasteiger partial charge on any atom is -0.480 e. The Bertz CT molecular complexity index is 1190. The Morgan fingerprint density at radius 1 is 0.974 bits per heavy atom. The van der Waals surface area contributed by atoms with Crippen molar-refractivity contribution in [1.82, 2.24) is 15.5 Å². The van der Waals surface area contributed by atoms with Gasteiger partial charge in [0.15, 0.2) is 0 Å². The van der Waals surface area contributed by atoms with E-state index in [2.05, 4.69) is 10.6 Å². The number of nitrogens with two attached hydrogens (primary N) is 2. The number of rotatable bonds is 11.